The van der Waals surface area contributed by atoms with Crippen LogP contribution in [0.4, 0.5) is 0 Å². The van der Waals surface area contributed by atoms with Gasteiger partial charge in [0, 0.05) is 0 Å². The minimum Gasteiger partial charge on any atom is -0.0616 e. The third-order valence-corrected chi connectivity index (χ3v) is 19.2. The highest BCUT2D eigenvalue weighted by atomic mass is 31.1. The Labute approximate surface area is 426 Å². The fourth-order valence-corrected chi connectivity index (χ4v) is 14.7. The van der Waals surface area contributed by atoms with Crippen LogP contribution in [0.1, 0.15) is 158 Å². The zero-order valence-electron chi connectivity index (χ0n) is 45.9. The second-order valence-corrected chi connectivity index (χ2v) is 30.5. The summed E-state index contributed by atoms with van der Waals surface area (Å²) < 4.78 is 0. The van der Waals surface area contributed by atoms with Gasteiger partial charge in [-0.15, -0.1) is 0 Å². The molecule has 0 amide bonds. The third kappa shape index (κ3) is 10.7. The van der Waals surface area contributed by atoms with Crippen LogP contribution in [0.5, 0.6) is 0 Å². The Morgan fingerprint density at radius 2 is 0.514 bits per heavy atom. The summed E-state index contributed by atoms with van der Waals surface area (Å²) >= 11 is 0. The Morgan fingerprint density at radius 3 is 0.800 bits per heavy atom. The molecule has 0 fully saturated rings. The van der Waals surface area contributed by atoms with Crippen LogP contribution in [-0.4, -0.2) is 0 Å². The molecule has 8 rings (SSSR count). The Balaban J connectivity index is 1.57. The van der Waals surface area contributed by atoms with Crippen molar-refractivity contribution in [3.05, 3.63) is 191 Å². The normalized spacial score (nSPS) is 13.3. The number of hydrogen-bond acceptors (Lipinski definition) is 0. The smallest absolute Gasteiger partial charge is 0.000884 e. The van der Waals surface area contributed by atoms with Gasteiger partial charge >= 0.3 is 0 Å². The summed E-state index contributed by atoms with van der Waals surface area (Å²) in [5.74, 6) is 0. The molecule has 70 heavy (non-hydrogen) atoms. The van der Waals surface area contributed by atoms with Gasteiger partial charge in [0.15, 0.2) is 0 Å². The summed E-state index contributed by atoms with van der Waals surface area (Å²) in [4.78, 5) is 0. The van der Waals surface area contributed by atoms with Gasteiger partial charge in [0.1, 0.15) is 0 Å². The van der Waals surface area contributed by atoms with Crippen molar-refractivity contribution in [2.24, 2.45) is 0 Å². The SMILES string of the molecule is CC(C)(C)c1ccc(P(c2ccc(C(C)(C)C)cc2)c2ccc3ccccc3c2-c2c(P(c3cc(C(C)(C)C)cc(C(C)(C)C)c3)c3cc(C(C)(C)C)cc(C(C)(C)C)c3)ccc3ccccc23)cc1. The Hall–Kier alpha value is -4.86. The topological polar surface area (TPSA) is 0 Å². The van der Waals surface area contributed by atoms with Crippen LogP contribution in [0.2, 0.25) is 0 Å². The van der Waals surface area contributed by atoms with E-state index in [1.165, 1.54) is 97.9 Å². The van der Waals surface area contributed by atoms with Gasteiger partial charge in [0.25, 0.3) is 0 Å². The molecule has 0 aliphatic rings. The molecule has 0 N–H and O–H groups in total. The average Bonchev–Trinajstić information content (AvgIpc) is 3.27. The Bertz CT molecular complexity index is 2980. The minimum absolute atomic E-state index is 0.0449. The van der Waals surface area contributed by atoms with Crippen LogP contribution in [0, 0.1) is 0 Å². The van der Waals surface area contributed by atoms with Crippen molar-refractivity contribution in [1.82, 2.24) is 0 Å². The molecule has 0 saturated carbocycles. The molecular weight excluding hydrogens is 879 g/mol. The first kappa shape index (κ1) is 51.5. The summed E-state index contributed by atoms with van der Waals surface area (Å²) in [7, 11) is -2.17. The summed E-state index contributed by atoms with van der Waals surface area (Å²) in [5.41, 5.74) is 10.9. The lowest BCUT2D eigenvalue weighted by Crippen LogP contribution is -2.29. The molecule has 0 saturated heterocycles. The first-order chi connectivity index (χ1) is 32.5. The van der Waals surface area contributed by atoms with Gasteiger partial charge in [-0.3, -0.25) is 0 Å². The molecule has 0 nitrogen and oxygen atoms in total. The van der Waals surface area contributed by atoms with E-state index in [2.05, 4.69) is 282 Å². The quantitative estimate of drug-likeness (QED) is 0.140. The highest BCUT2D eigenvalue weighted by molar-refractivity contribution is 7.81. The first-order valence-electron chi connectivity index (χ1n) is 25.7. The number of rotatable bonds is 7. The maximum absolute atomic E-state index is 2.59. The van der Waals surface area contributed by atoms with E-state index >= 15 is 0 Å². The van der Waals surface area contributed by atoms with Crippen molar-refractivity contribution in [3.8, 4) is 11.1 Å². The molecule has 0 aliphatic heterocycles. The highest BCUT2D eigenvalue weighted by Gasteiger charge is 2.33. The lowest BCUT2D eigenvalue weighted by Gasteiger charge is -2.33. The Kier molecular flexibility index (Phi) is 13.7. The third-order valence-electron chi connectivity index (χ3n) is 14.3. The second kappa shape index (κ2) is 18.6. The van der Waals surface area contributed by atoms with Gasteiger partial charge in [-0.25, -0.2) is 0 Å². The van der Waals surface area contributed by atoms with Crippen molar-refractivity contribution in [1.29, 1.82) is 0 Å². The van der Waals surface area contributed by atoms with Crippen molar-refractivity contribution in [3.63, 3.8) is 0 Å². The zero-order chi connectivity index (χ0) is 50.9. The van der Waals surface area contributed by atoms with Crippen LogP contribution in [0.15, 0.2) is 158 Å². The average molecular weight is 959 g/mol. The number of fused-ring (bicyclic) bond motifs is 2. The lowest BCUT2D eigenvalue weighted by atomic mass is 9.81. The molecule has 0 aliphatic carbocycles. The van der Waals surface area contributed by atoms with Crippen LogP contribution >= 0.6 is 15.8 Å². The first-order valence-corrected chi connectivity index (χ1v) is 28.4. The molecule has 0 atom stereocenters. The van der Waals surface area contributed by atoms with Crippen molar-refractivity contribution >= 4 is 69.2 Å². The Morgan fingerprint density at radius 1 is 0.243 bits per heavy atom. The van der Waals surface area contributed by atoms with Gasteiger partial charge in [0.2, 0.25) is 0 Å². The number of hydrogen-bond donors (Lipinski definition) is 0. The zero-order valence-corrected chi connectivity index (χ0v) is 47.7. The monoisotopic (exact) mass is 959 g/mol. The summed E-state index contributed by atoms with van der Waals surface area (Å²) in [6, 6.07) is 62.9. The van der Waals surface area contributed by atoms with Gasteiger partial charge in [0.05, 0.1) is 0 Å². The van der Waals surface area contributed by atoms with E-state index < -0.39 is 15.8 Å². The number of benzene rings is 8. The fourth-order valence-electron chi connectivity index (χ4n) is 9.71. The maximum atomic E-state index is 2.59. The van der Waals surface area contributed by atoms with Crippen molar-refractivity contribution in [2.45, 2.75) is 157 Å². The molecule has 0 radical (unpaired) electrons. The molecule has 0 heterocycles. The van der Waals surface area contributed by atoms with Gasteiger partial charge in [-0.2, -0.15) is 0 Å². The molecule has 8 aromatic carbocycles. The van der Waals surface area contributed by atoms with E-state index in [1.54, 1.807) is 0 Å². The van der Waals surface area contributed by atoms with Crippen LogP contribution in [0.3, 0.4) is 0 Å². The van der Waals surface area contributed by atoms with Crippen molar-refractivity contribution in [2.75, 3.05) is 0 Å². The summed E-state index contributed by atoms with van der Waals surface area (Å²) in [5, 5.41) is 13.5. The van der Waals surface area contributed by atoms with E-state index in [0.717, 1.165) is 0 Å². The predicted molar refractivity (Wildman–Crippen MR) is 317 cm³/mol. The summed E-state index contributed by atoms with van der Waals surface area (Å²) in [6.45, 7) is 42.5. The molecule has 0 aromatic heterocycles. The highest BCUT2D eigenvalue weighted by Crippen LogP contribution is 2.48. The van der Waals surface area contributed by atoms with E-state index in [9.17, 15) is 0 Å². The largest absolute Gasteiger partial charge is 0.0616 e. The molecular formula is C68H80P2. The van der Waals surface area contributed by atoms with Crippen LogP contribution < -0.4 is 31.8 Å². The second-order valence-electron chi connectivity index (χ2n) is 26.2. The van der Waals surface area contributed by atoms with E-state index in [4.69, 9.17) is 0 Å². The maximum Gasteiger partial charge on any atom is -0.000884 e. The molecule has 0 bridgehead atoms. The molecule has 8 aromatic rings. The van der Waals surface area contributed by atoms with Gasteiger partial charge < -0.3 is 0 Å². The molecule has 362 valence electrons. The van der Waals surface area contributed by atoms with E-state index in [1.807, 2.05) is 0 Å². The van der Waals surface area contributed by atoms with Crippen LogP contribution in [-0.2, 0) is 32.5 Å². The lowest BCUT2D eigenvalue weighted by molar-refractivity contribution is 0.569. The van der Waals surface area contributed by atoms with E-state index in [0.29, 0.717) is 0 Å². The molecule has 0 spiro atoms. The van der Waals surface area contributed by atoms with Crippen LogP contribution in [0.25, 0.3) is 32.7 Å². The standard InChI is InChI=1S/C68H80P2/c1-63(2,3)47-29-33-53(34-30-47)69(54-35-31-48(32-36-54)64(4,5)6)59-37-27-45-23-19-21-25-57(45)61(59)62-58-26-22-20-24-46(58)28-38-60(62)70(55-41-49(65(7,8)9)39-50(42-55)66(10,11)12)56-43-51(67(13,14)15)40-52(44-56)68(16,17)18/h19-44H,1-18H3. The van der Waals surface area contributed by atoms with Crippen molar-refractivity contribution < 1.29 is 0 Å². The van der Waals surface area contributed by atoms with Gasteiger partial charge in [-0.1, -0.05) is 282 Å². The predicted octanol–water partition coefficient (Wildman–Crippen LogP) is 17.0. The van der Waals surface area contributed by atoms with Gasteiger partial charge in [-0.05, 0) is 146 Å². The molecule has 0 unspecified atom stereocenters. The summed E-state index contributed by atoms with van der Waals surface area (Å²) in [6.07, 6.45) is 0. The molecule has 2 heteroatoms. The fraction of sp³-hybridized carbons (Fsp3) is 0.353. The minimum atomic E-state index is -1.14. The van der Waals surface area contributed by atoms with E-state index in [-0.39, 0.29) is 32.5 Å².